The number of benzene rings is 1. The fourth-order valence-electron chi connectivity index (χ4n) is 1.82. The quantitative estimate of drug-likeness (QED) is 0.802. The first kappa shape index (κ1) is 13.0. The fourth-order valence-corrected chi connectivity index (χ4v) is 1.82. The van der Waals surface area contributed by atoms with Gasteiger partial charge in [-0.05, 0) is 19.0 Å². The summed E-state index contributed by atoms with van der Waals surface area (Å²) in [6, 6.07) is 5.14. The first-order valence-corrected chi connectivity index (χ1v) is 5.79. The minimum Gasteiger partial charge on any atom is -0.497 e. The molecule has 1 aromatic carbocycles. The van der Waals surface area contributed by atoms with Gasteiger partial charge in [0.05, 0.1) is 7.11 Å². The fraction of sp³-hybridized carbons (Fsp3) is 0.538. The van der Waals surface area contributed by atoms with Crippen LogP contribution >= 0.6 is 0 Å². The van der Waals surface area contributed by atoms with Crippen molar-refractivity contribution in [3.8, 4) is 5.75 Å². The summed E-state index contributed by atoms with van der Waals surface area (Å²) in [5.74, 6) is 0.367. The second-order valence-corrected chi connectivity index (χ2v) is 3.79. The third kappa shape index (κ3) is 3.20. The van der Waals surface area contributed by atoms with E-state index >= 15 is 0 Å². The van der Waals surface area contributed by atoms with E-state index in [1.54, 1.807) is 19.2 Å². The van der Waals surface area contributed by atoms with E-state index in [0.29, 0.717) is 5.75 Å². The van der Waals surface area contributed by atoms with Crippen molar-refractivity contribution >= 4 is 0 Å². The highest BCUT2D eigenvalue weighted by Gasteiger charge is 2.14. The van der Waals surface area contributed by atoms with E-state index in [4.69, 9.17) is 4.74 Å². The molecule has 0 aromatic heterocycles. The molecule has 16 heavy (non-hydrogen) atoms. The minimum absolute atomic E-state index is 0.0981. The van der Waals surface area contributed by atoms with E-state index in [1.165, 1.54) is 6.07 Å². The van der Waals surface area contributed by atoms with Gasteiger partial charge in [0.1, 0.15) is 11.6 Å². The van der Waals surface area contributed by atoms with Gasteiger partial charge < -0.3 is 10.1 Å². The Hall–Kier alpha value is -1.09. The molecule has 0 spiro atoms. The van der Waals surface area contributed by atoms with Crippen LogP contribution < -0.4 is 10.1 Å². The Morgan fingerprint density at radius 2 is 2.12 bits per heavy atom. The van der Waals surface area contributed by atoms with E-state index in [2.05, 4.69) is 12.2 Å². The Labute approximate surface area is 96.8 Å². The predicted molar refractivity (Wildman–Crippen MR) is 64.3 cm³/mol. The molecule has 0 radical (unpaired) electrons. The molecule has 0 saturated carbocycles. The molecule has 0 fully saturated rings. The van der Waals surface area contributed by atoms with Crippen LogP contribution in [0.25, 0.3) is 0 Å². The summed E-state index contributed by atoms with van der Waals surface area (Å²) in [6.45, 7) is 4.98. The average Bonchev–Trinajstić information content (AvgIpc) is 2.29. The molecule has 0 bridgehead atoms. The van der Waals surface area contributed by atoms with Crippen molar-refractivity contribution in [1.82, 2.24) is 5.32 Å². The highest BCUT2D eigenvalue weighted by atomic mass is 19.1. The first-order chi connectivity index (χ1) is 7.72. The largest absolute Gasteiger partial charge is 0.497 e. The molecule has 1 unspecified atom stereocenters. The van der Waals surface area contributed by atoms with Gasteiger partial charge in [-0.1, -0.05) is 26.3 Å². The van der Waals surface area contributed by atoms with Crippen LogP contribution in [0.2, 0.25) is 0 Å². The molecule has 0 amide bonds. The zero-order valence-electron chi connectivity index (χ0n) is 10.2. The third-order valence-corrected chi connectivity index (χ3v) is 2.61. The second-order valence-electron chi connectivity index (χ2n) is 3.79. The highest BCUT2D eigenvalue weighted by molar-refractivity contribution is 5.30. The monoisotopic (exact) mass is 225 g/mol. The van der Waals surface area contributed by atoms with Crippen molar-refractivity contribution < 1.29 is 9.13 Å². The van der Waals surface area contributed by atoms with Crippen LogP contribution in [-0.4, -0.2) is 13.7 Å². The summed E-state index contributed by atoms with van der Waals surface area (Å²) in [5, 5.41) is 3.30. The van der Waals surface area contributed by atoms with Crippen molar-refractivity contribution in [3.63, 3.8) is 0 Å². The summed E-state index contributed by atoms with van der Waals surface area (Å²) < 4.78 is 18.8. The molecule has 0 heterocycles. The van der Waals surface area contributed by atoms with Crippen LogP contribution in [0.5, 0.6) is 5.75 Å². The summed E-state index contributed by atoms with van der Waals surface area (Å²) in [7, 11) is 1.54. The Bertz CT molecular complexity index is 322. The van der Waals surface area contributed by atoms with Gasteiger partial charge in [-0.2, -0.15) is 0 Å². The Morgan fingerprint density at radius 3 is 2.62 bits per heavy atom. The maximum Gasteiger partial charge on any atom is 0.131 e. The Balaban J connectivity index is 2.90. The van der Waals surface area contributed by atoms with E-state index in [1.807, 2.05) is 6.92 Å². The average molecular weight is 225 g/mol. The third-order valence-electron chi connectivity index (χ3n) is 2.61. The summed E-state index contributed by atoms with van der Waals surface area (Å²) >= 11 is 0. The summed E-state index contributed by atoms with van der Waals surface area (Å²) in [6.07, 6.45) is 1.97. The predicted octanol–water partition coefficient (Wildman–Crippen LogP) is 3.29. The summed E-state index contributed by atoms with van der Waals surface area (Å²) in [5.41, 5.74) is 0.726. The Kier molecular flexibility index (Phi) is 5.26. The zero-order valence-corrected chi connectivity index (χ0v) is 10.2. The lowest BCUT2D eigenvalue weighted by Gasteiger charge is -2.18. The van der Waals surface area contributed by atoms with Crippen molar-refractivity contribution in [2.75, 3.05) is 13.7 Å². The SMILES string of the molecule is CCCC(NCC)c1ccc(OC)cc1F. The molecular formula is C13H20FNO. The van der Waals surface area contributed by atoms with Gasteiger partial charge in [0.15, 0.2) is 0 Å². The van der Waals surface area contributed by atoms with E-state index in [9.17, 15) is 4.39 Å². The van der Waals surface area contributed by atoms with Crippen molar-refractivity contribution in [1.29, 1.82) is 0 Å². The van der Waals surface area contributed by atoms with Gasteiger partial charge in [-0.25, -0.2) is 4.39 Å². The van der Waals surface area contributed by atoms with Gasteiger partial charge in [-0.15, -0.1) is 0 Å². The molecular weight excluding hydrogens is 205 g/mol. The lowest BCUT2D eigenvalue weighted by Crippen LogP contribution is -2.21. The number of rotatable bonds is 6. The number of hydrogen-bond donors (Lipinski definition) is 1. The molecule has 0 aliphatic carbocycles. The normalized spacial score (nSPS) is 12.5. The Morgan fingerprint density at radius 1 is 1.38 bits per heavy atom. The molecule has 1 N–H and O–H groups in total. The zero-order chi connectivity index (χ0) is 12.0. The van der Waals surface area contributed by atoms with Gasteiger partial charge in [0.25, 0.3) is 0 Å². The standard InChI is InChI=1S/C13H20FNO/c1-4-6-13(15-5-2)11-8-7-10(16-3)9-12(11)14/h7-9,13,15H,4-6H2,1-3H3. The number of methoxy groups -OCH3 is 1. The van der Waals surface area contributed by atoms with Crippen molar-refractivity contribution in [3.05, 3.63) is 29.6 Å². The lowest BCUT2D eigenvalue weighted by molar-refractivity contribution is 0.408. The molecule has 0 aliphatic heterocycles. The number of halogens is 1. The molecule has 2 nitrogen and oxygen atoms in total. The van der Waals surface area contributed by atoms with Gasteiger partial charge in [0, 0.05) is 17.7 Å². The van der Waals surface area contributed by atoms with E-state index in [-0.39, 0.29) is 11.9 Å². The van der Waals surface area contributed by atoms with E-state index in [0.717, 1.165) is 24.9 Å². The molecule has 0 aliphatic rings. The maximum atomic E-state index is 13.8. The van der Waals surface area contributed by atoms with Crippen LogP contribution in [0.4, 0.5) is 4.39 Å². The molecule has 1 rings (SSSR count). The molecule has 0 saturated heterocycles. The van der Waals surface area contributed by atoms with Gasteiger partial charge in [0.2, 0.25) is 0 Å². The van der Waals surface area contributed by atoms with Crippen molar-refractivity contribution in [2.45, 2.75) is 32.7 Å². The molecule has 1 atom stereocenters. The first-order valence-electron chi connectivity index (χ1n) is 5.79. The topological polar surface area (TPSA) is 21.3 Å². The molecule has 90 valence electrons. The van der Waals surface area contributed by atoms with Crippen LogP contribution in [0.1, 0.15) is 38.3 Å². The number of hydrogen-bond acceptors (Lipinski definition) is 2. The highest BCUT2D eigenvalue weighted by Crippen LogP contribution is 2.24. The minimum atomic E-state index is -0.196. The summed E-state index contributed by atoms with van der Waals surface area (Å²) in [4.78, 5) is 0. The van der Waals surface area contributed by atoms with Gasteiger partial charge in [-0.3, -0.25) is 0 Å². The maximum absolute atomic E-state index is 13.8. The smallest absolute Gasteiger partial charge is 0.131 e. The molecule has 3 heteroatoms. The number of nitrogens with one attached hydrogen (secondary N) is 1. The van der Waals surface area contributed by atoms with Crippen molar-refractivity contribution in [2.24, 2.45) is 0 Å². The van der Waals surface area contributed by atoms with E-state index < -0.39 is 0 Å². The van der Waals surface area contributed by atoms with Crippen LogP contribution in [0, 0.1) is 5.82 Å². The van der Waals surface area contributed by atoms with Crippen LogP contribution in [0.3, 0.4) is 0 Å². The second kappa shape index (κ2) is 6.48. The van der Waals surface area contributed by atoms with Crippen LogP contribution in [-0.2, 0) is 0 Å². The number of ether oxygens (including phenoxy) is 1. The van der Waals surface area contributed by atoms with Gasteiger partial charge >= 0.3 is 0 Å². The molecule has 1 aromatic rings. The lowest BCUT2D eigenvalue weighted by atomic mass is 10.0. The van der Waals surface area contributed by atoms with Crippen LogP contribution in [0.15, 0.2) is 18.2 Å².